The van der Waals surface area contributed by atoms with Gasteiger partial charge in [-0.25, -0.2) is 4.98 Å². The molecule has 1 saturated heterocycles. The lowest BCUT2D eigenvalue weighted by molar-refractivity contribution is -0.106. The van der Waals surface area contributed by atoms with Crippen LogP contribution in [0.2, 0.25) is 0 Å². The quantitative estimate of drug-likeness (QED) is 0.656. The highest BCUT2D eigenvalue weighted by Gasteiger charge is 2.59. The van der Waals surface area contributed by atoms with Crippen molar-refractivity contribution in [2.75, 3.05) is 13.7 Å². The van der Waals surface area contributed by atoms with Crippen LogP contribution in [0.5, 0.6) is 0 Å². The van der Waals surface area contributed by atoms with Gasteiger partial charge in [0.05, 0.1) is 18.3 Å². The first-order valence-corrected chi connectivity index (χ1v) is 9.34. The number of rotatable bonds is 4. The molecule has 2 heterocycles. The van der Waals surface area contributed by atoms with Gasteiger partial charge in [0.15, 0.2) is 5.96 Å². The van der Waals surface area contributed by atoms with Gasteiger partial charge in [-0.15, -0.1) is 11.3 Å². The second-order valence-corrected chi connectivity index (χ2v) is 8.38. The van der Waals surface area contributed by atoms with Gasteiger partial charge in [-0.1, -0.05) is 27.7 Å². The van der Waals surface area contributed by atoms with Gasteiger partial charge in [0.1, 0.15) is 5.01 Å². The molecule has 23 heavy (non-hydrogen) atoms. The minimum atomic E-state index is 0.158. The monoisotopic (exact) mass is 336 g/mol. The predicted octanol–water partition coefficient (Wildman–Crippen LogP) is 2.75. The van der Waals surface area contributed by atoms with Crippen LogP contribution in [-0.2, 0) is 11.3 Å². The van der Waals surface area contributed by atoms with Crippen molar-refractivity contribution in [3.05, 3.63) is 16.1 Å². The number of guanidine groups is 1. The van der Waals surface area contributed by atoms with Gasteiger partial charge in [0, 0.05) is 36.4 Å². The maximum Gasteiger partial charge on any atom is 0.191 e. The molecule has 128 valence electrons. The van der Waals surface area contributed by atoms with Crippen LogP contribution in [0, 0.1) is 11.3 Å². The number of fused-ring (bicyclic) bond motifs is 1. The third kappa shape index (κ3) is 3.11. The number of nitrogens with one attached hydrogen (secondary N) is 2. The molecule has 3 rings (SSSR count). The standard InChI is InChI=1S/C17H28N4OS/c1-10(2)12-9-23-13(20-12)8-19-16(18-5)21-14-11-6-7-22-15(11)17(14,3)4/h9-11,14-15H,6-8H2,1-5H3,(H2,18,19,21). The van der Waals surface area contributed by atoms with Gasteiger partial charge < -0.3 is 15.4 Å². The lowest BCUT2D eigenvalue weighted by Gasteiger charge is -2.54. The van der Waals surface area contributed by atoms with Crippen molar-refractivity contribution in [1.82, 2.24) is 15.6 Å². The largest absolute Gasteiger partial charge is 0.377 e. The number of ether oxygens (including phenoxy) is 1. The predicted molar refractivity (Wildman–Crippen MR) is 95.0 cm³/mol. The Labute approximate surface area is 142 Å². The molecule has 1 saturated carbocycles. The van der Waals surface area contributed by atoms with Crippen molar-refractivity contribution in [1.29, 1.82) is 0 Å². The first kappa shape index (κ1) is 16.7. The highest BCUT2D eigenvalue weighted by atomic mass is 32.1. The van der Waals surface area contributed by atoms with Crippen molar-refractivity contribution in [2.45, 2.75) is 58.7 Å². The van der Waals surface area contributed by atoms with Crippen LogP contribution in [0.4, 0.5) is 0 Å². The SMILES string of the molecule is CN=C(NCc1nc(C(C)C)cs1)NC1C2CCOC2C1(C)C. The molecule has 2 N–H and O–H groups in total. The molecule has 1 aliphatic heterocycles. The molecular formula is C17H28N4OS. The molecule has 1 aromatic heterocycles. The van der Waals surface area contributed by atoms with Crippen molar-refractivity contribution in [3.8, 4) is 0 Å². The summed E-state index contributed by atoms with van der Waals surface area (Å²) in [5.74, 6) is 1.94. The Morgan fingerprint density at radius 2 is 2.30 bits per heavy atom. The molecule has 0 bridgehead atoms. The van der Waals surface area contributed by atoms with Crippen molar-refractivity contribution in [2.24, 2.45) is 16.3 Å². The van der Waals surface area contributed by atoms with E-state index in [9.17, 15) is 0 Å². The molecule has 3 atom stereocenters. The van der Waals surface area contributed by atoms with Crippen LogP contribution >= 0.6 is 11.3 Å². The lowest BCUT2D eigenvalue weighted by Crippen LogP contribution is -2.67. The maximum absolute atomic E-state index is 5.86. The second-order valence-electron chi connectivity index (χ2n) is 7.43. The first-order valence-electron chi connectivity index (χ1n) is 8.46. The van der Waals surface area contributed by atoms with Crippen LogP contribution in [0.15, 0.2) is 10.4 Å². The molecular weight excluding hydrogens is 308 g/mol. The van der Waals surface area contributed by atoms with Crippen molar-refractivity contribution in [3.63, 3.8) is 0 Å². The fraction of sp³-hybridized carbons (Fsp3) is 0.765. The maximum atomic E-state index is 5.86. The summed E-state index contributed by atoms with van der Waals surface area (Å²) >= 11 is 1.71. The van der Waals surface area contributed by atoms with Gasteiger partial charge >= 0.3 is 0 Å². The van der Waals surface area contributed by atoms with Gasteiger partial charge in [-0.05, 0) is 12.3 Å². The zero-order valence-electron chi connectivity index (χ0n) is 14.7. The summed E-state index contributed by atoms with van der Waals surface area (Å²) in [6, 6.07) is 0.420. The Hall–Kier alpha value is -1.14. The van der Waals surface area contributed by atoms with E-state index in [-0.39, 0.29) is 5.41 Å². The van der Waals surface area contributed by atoms with Crippen LogP contribution in [-0.4, -0.2) is 36.7 Å². The van der Waals surface area contributed by atoms with E-state index in [1.807, 2.05) is 7.05 Å². The smallest absolute Gasteiger partial charge is 0.191 e. The third-order valence-corrected chi connectivity index (χ3v) is 6.05. The highest BCUT2D eigenvalue weighted by molar-refractivity contribution is 7.09. The summed E-state index contributed by atoms with van der Waals surface area (Å²) in [5, 5.41) is 10.3. The molecule has 0 aromatic carbocycles. The van der Waals surface area contributed by atoms with Crippen LogP contribution in [0.1, 0.15) is 50.7 Å². The van der Waals surface area contributed by atoms with Crippen molar-refractivity contribution >= 4 is 17.3 Å². The normalized spacial score (nSPS) is 29.3. The Morgan fingerprint density at radius 3 is 2.96 bits per heavy atom. The van der Waals surface area contributed by atoms with Crippen LogP contribution < -0.4 is 10.6 Å². The van der Waals surface area contributed by atoms with E-state index in [0.717, 1.165) is 30.5 Å². The Bertz CT molecular complexity index is 581. The fourth-order valence-electron chi connectivity index (χ4n) is 3.79. The highest BCUT2D eigenvalue weighted by Crippen LogP contribution is 2.52. The number of thiazole rings is 1. The second kappa shape index (κ2) is 6.40. The number of nitrogens with zero attached hydrogens (tertiary/aromatic N) is 2. The Balaban J connectivity index is 1.56. The Morgan fingerprint density at radius 1 is 1.52 bits per heavy atom. The lowest BCUT2D eigenvalue weighted by atomic mass is 9.57. The average Bonchev–Trinajstić information content (AvgIpc) is 3.15. The van der Waals surface area contributed by atoms with Gasteiger partial charge in [0.25, 0.3) is 0 Å². The Kier molecular flexibility index (Phi) is 4.65. The molecule has 5 nitrogen and oxygen atoms in total. The molecule has 0 radical (unpaired) electrons. The third-order valence-electron chi connectivity index (χ3n) is 5.18. The summed E-state index contributed by atoms with van der Waals surface area (Å²) in [7, 11) is 1.82. The summed E-state index contributed by atoms with van der Waals surface area (Å²) in [6.07, 6.45) is 1.54. The molecule has 1 aliphatic carbocycles. The minimum absolute atomic E-state index is 0.158. The van der Waals surface area contributed by atoms with E-state index < -0.39 is 0 Å². The molecule has 2 fully saturated rings. The number of hydrogen-bond acceptors (Lipinski definition) is 4. The summed E-state index contributed by atoms with van der Waals surface area (Å²) < 4.78 is 5.86. The van der Waals surface area contributed by atoms with Gasteiger partial charge in [0.2, 0.25) is 0 Å². The molecule has 1 aromatic rings. The average molecular weight is 337 g/mol. The fourth-order valence-corrected chi connectivity index (χ4v) is 4.69. The summed E-state index contributed by atoms with van der Waals surface area (Å²) in [5.41, 5.74) is 1.32. The van der Waals surface area contributed by atoms with E-state index in [4.69, 9.17) is 4.74 Å². The zero-order chi connectivity index (χ0) is 16.6. The summed E-state index contributed by atoms with van der Waals surface area (Å²) in [6.45, 7) is 10.5. The molecule has 2 aliphatic rings. The first-order chi connectivity index (χ1) is 10.9. The minimum Gasteiger partial charge on any atom is -0.377 e. The van der Waals surface area contributed by atoms with Crippen LogP contribution in [0.25, 0.3) is 0 Å². The zero-order valence-corrected chi connectivity index (χ0v) is 15.5. The van der Waals surface area contributed by atoms with Crippen LogP contribution in [0.3, 0.4) is 0 Å². The molecule has 0 amide bonds. The number of aliphatic imine (C=N–C) groups is 1. The van der Waals surface area contributed by atoms with Gasteiger partial charge in [-0.3, -0.25) is 4.99 Å². The number of hydrogen-bond donors (Lipinski definition) is 2. The summed E-state index contributed by atoms with van der Waals surface area (Å²) in [4.78, 5) is 9.04. The van der Waals surface area contributed by atoms with E-state index in [2.05, 4.69) is 53.7 Å². The van der Waals surface area contributed by atoms with Gasteiger partial charge in [-0.2, -0.15) is 0 Å². The van der Waals surface area contributed by atoms with Crippen molar-refractivity contribution < 1.29 is 4.74 Å². The molecule has 6 heteroatoms. The number of aromatic nitrogens is 1. The van der Waals surface area contributed by atoms with E-state index >= 15 is 0 Å². The van der Waals surface area contributed by atoms with E-state index in [0.29, 0.717) is 24.0 Å². The van der Waals surface area contributed by atoms with E-state index in [1.165, 1.54) is 5.69 Å². The van der Waals surface area contributed by atoms with E-state index in [1.54, 1.807) is 11.3 Å². The molecule has 3 unspecified atom stereocenters. The topological polar surface area (TPSA) is 58.5 Å². The molecule has 0 spiro atoms.